The fourth-order valence-corrected chi connectivity index (χ4v) is 1.72. The Balaban J connectivity index is 2.54. The van der Waals surface area contributed by atoms with Crippen LogP contribution in [0.25, 0.3) is 0 Å². The van der Waals surface area contributed by atoms with Crippen LogP contribution in [-0.4, -0.2) is 28.0 Å². The van der Waals surface area contributed by atoms with Gasteiger partial charge >= 0.3 is 0 Å². The van der Waals surface area contributed by atoms with Crippen LogP contribution in [0.4, 0.5) is 0 Å². The van der Waals surface area contributed by atoms with Crippen LogP contribution in [0.15, 0.2) is 6.20 Å². The van der Waals surface area contributed by atoms with E-state index in [1.165, 1.54) is 0 Å². The van der Waals surface area contributed by atoms with Crippen LogP contribution in [0.5, 0.6) is 0 Å². The molecular weight excluding hydrogens is 202 g/mol. The average Bonchev–Trinajstić information content (AvgIpc) is 2.59. The first-order valence-corrected chi connectivity index (χ1v) is 5.95. The second-order valence-electron chi connectivity index (χ2n) is 4.63. The highest BCUT2D eigenvalue weighted by Crippen LogP contribution is 2.16. The van der Waals surface area contributed by atoms with E-state index in [9.17, 15) is 5.11 Å². The van der Waals surface area contributed by atoms with Gasteiger partial charge in [-0.15, -0.1) is 0 Å². The monoisotopic (exact) mass is 225 g/mol. The third-order valence-electron chi connectivity index (χ3n) is 2.52. The van der Waals surface area contributed by atoms with E-state index in [-0.39, 0.29) is 0 Å². The van der Waals surface area contributed by atoms with Crippen molar-refractivity contribution in [3.05, 3.63) is 17.5 Å². The fourth-order valence-electron chi connectivity index (χ4n) is 1.72. The third-order valence-corrected chi connectivity index (χ3v) is 2.52. The molecular formula is C12H23N3O. The number of hydrogen-bond donors (Lipinski definition) is 2. The maximum atomic E-state index is 10.0. The van der Waals surface area contributed by atoms with Gasteiger partial charge < -0.3 is 10.4 Å². The molecule has 92 valence electrons. The second-order valence-corrected chi connectivity index (χ2v) is 4.63. The first kappa shape index (κ1) is 13.2. The summed E-state index contributed by atoms with van der Waals surface area (Å²) < 4.78 is 1.76. The number of aromatic nitrogens is 2. The van der Waals surface area contributed by atoms with Crippen molar-refractivity contribution in [3.63, 3.8) is 0 Å². The third kappa shape index (κ3) is 3.61. The summed E-state index contributed by atoms with van der Waals surface area (Å²) in [5, 5.41) is 17.6. The van der Waals surface area contributed by atoms with Crippen molar-refractivity contribution in [2.24, 2.45) is 13.0 Å². The Hall–Kier alpha value is -0.870. The Bertz CT molecular complexity index is 320. The zero-order valence-corrected chi connectivity index (χ0v) is 10.7. The first-order valence-electron chi connectivity index (χ1n) is 5.95. The van der Waals surface area contributed by atoms with Gasteiger partial charge in [-0.2, -0.15) is 5.10 Å². The largest absolute Gasteiger partial charge is 0.387 e. The Kier molecular flexibility index (Phi) is 4.96. The van der Waals surface area contributed by atoms with Gasteiger partial charge in [0.25, 0.3) is 0 Å². The highest BCUT2D eigenvalue weighted by molar-refractivity contribution is 5.20. The lowest BCUT2D eigenvalue weighted by Gasteiger charge is -2.12. The van der Waals surface area contributed by atoms with Crippen molar-refractivity contribution in [2.45, 2.75) is 33.3 Å². The van der Waals surface area contributed by atoms with Crippen molar-refractivity contribution in [1.29, 1.82) is 0 Å². The molecule has 0 saturated carbocycles. The van der Waals surface area contributed by atoms with E-state index in [1.807, 2.05) is 13.2 Å². The lowest BCUT2D eigenvalue weighted by atomic mass is 10.1. The summed E-state index contributed by atoms with van der Waals surface area (Å²) in [6.07, 6.45) is 2.31. The van der Waals surface area contributed by atoms with E-state index in [4.69, 9.17) is 0 Å². The molecule has 0 aliphatic carbocycles. The summed E-state index contributed by atoms with van der Waals surface area (Å²) in [6, 6.07) is 0. The van der Waals surface area contributed by atoms with Gasteiger partial charge in [0.05, 0.1) is 11.8 Å². The van der Waals surface area contributed by atoms with Crippen molar-refractivity contribution < 1.29 is 5.11 Å². The topological polar surface area (TPSA) is 50.1 Å². The lowest BCUT2D eigenvalue weighted by molar-refractivity contribution is 0.172. The van der Waals surface area contributed by atoms with E-state index in [0.717, 1.165) is 24.2 Å². The van der Waals surface area contributed by atoms with Crippen molar-refractivity contribution in [1.82, 2.24) is 15.1 Å². The van der Waals surface area contributed by atoms with E-state index in [2.05, 4.69) is 31.2 Å². The predicted octanol–water partition coefficient (Wildman–Crippen LogP) is 1.26. The highest BCUT2D eigenvalue weighted by Gasteiger charge is 2.14. The van der Waals surface area contributed by atoms with Gasteiger partial charge in [0, 0.05) is 25.4 Å². The van der Waals surface area contributed by atoms with Crippen LogP contribution in [-0.2, 0) is 13.5 Å². The molecule has 0 fully saturated rings. The molecule has 1 rings (SSSR count). The zero-order chi connectivity index (χ0) is 12.1. The van der Waals surface area contributed by atoms with Crippen LogP contribution >= 0.6 is 0 Å². The molecule has 0 aliphatic rings. The Labute approximate surface area is 97.7 Å². The Morgan fingerprint density at radius 2 is 2.12 bits per heavy atom. The molecule has 1 aromatic rings. The Morgan fingerprint density at radius 3 is 2.69 bits per heavy atom. The normalized spacial score (nSPS) is 13.4. The molecule has 1 unspecified atom stereocenters. The molecule has 0 aliphatic heterocycles. The number of aliphatic hydroxyl groups is 1. The minimum absolute atomic E-state index is 0.456. The van der Waals surface area contributed by atoms with Gasteiger partial charge in [-0.3, -0.25) is 4.68 Å². The fraction of sp³-hybridized carbons (Fsp3) is 0.750. The summed E-state index contributed by atoms with van der Waals surface area (Å²) in [4.78, 5) is 0. The summed E-state index contributed by atoms with van der Waals surface area (Å²) in [5.41, 5.74) is 1.93. The van der Waals surface area contributed by atoms with Crippen molar-refractivity contribution >= 4 is 0 Å². The van der Waals surface area contributed by atoms with E-state index >= 15 is 0 Å². The van der Waals surface area contributed by atoms with Gasteiger partial charge in [0.1, 0.15) is 0 Å². The SMILES string of the molecule is CCc1nn(C)cc1C(O)CNCC(C)C. The number of nitrogens with zero attached hydrogens (tertiary/aromatic N) is 2. The number of aryl methyl sites for hydroxylation is 2. The van der Waals surface area contributed by atoms with Crippen LogP contribution < -0.4 is 5.32 Å². The van der Waals surface area contributed by atoms with Crippen molar-refractivity contribution in [3.8, 4) is 0 Å². The minimum Gasteiger partial charge on any atom is -0.387 e. The van der Waals surface area contributed by atoms with Gasteiger partial charge in [0.15, 0.2) is 0 Å². The molecule has 0 saturated heterocycles. The van der Waals surface area contributed by atoms with E-state index in [0.29, 0.717) is 12.5 Å². The van der Waals surface area contributed by atoms with E-state index in [1.54, 1.807) is 4.68 Å². The summed E-state index contributed by atoms with van der Waals surface area (Å²) in [6.45, 7) is 7.89. The van der Waals surface area contributed by atoms with Gasteiger partial charge in [0.2, 0.25) is 0 Å². The number of rotatable bonds is 6. The lowest BCUT2D eigenvalue weighted by Crippen LogP contribution is -2.25. The molecule has 1 heterocycles. The van der Waals surface area contributed by atoms with Crippen LogP contribution in [0.1, 0.15) is 38.1 Å². The maximum absolute atomic E-state index is 10.0. The predicted molar refractivity (Wildman–Crippen MR) is 65.3 cm³/mol. The van der Waals surface area contributed by atoms with Crippen LogP contribution in [0.2, 0.25) is 0 Å². The van der Waals surface area contributed by atoms with Gasteiger partial charge in [-0.05, 0) is 18.9 Å². The van der Waals surface area contributed by atoms with Gasteiger partial charge in [-0.25, -0.2) is 0 Å². The molecule has 0 radical (unpaired) electrons. The molecule has 0 spiro atoms. The molecule has 1 aromatic heterocycles. The van der Waals surface area contributed by atoms with Crippen molar-refractivity contribution in [2.75, 3.05) is 13.1 Å². The summed E-state index contributed by atoms with van der Waals surface area (Å²) in [7, 11) is 1.89. The molecule has 2 N–H and O–H groups in total. The zero-order valence-electron chi connectivity index (χ0n) is 10.7. The minimum atomic E-state index is -0.456. The quantitative estimate of drug-likeness (QED) is 0.766. The summed E-state index contributed by atoms with van der Waals surface area (Å²) >= 11 is 0. The standard InChI is InChI=1S/C12H23N3O/c1-5-11-10(8-15(4)14-11)12(16)7-13-6-9(2)3/h8-9,12-13,16H,5-7H2,1-4H3. The first-order chi connectivity index (χ1) is 7.54. The molecule has 0 bridgehead atoms. The number of hydrogen-bond acceptors (Lipinski definition) is 3. The second kappa shape index (κ2) is 6.01. The molecule has 0 amide bonds. The molecule has 1 atom stereocenters. The van der Waals surface area contributed by atoms with Crippen LogP contribution in [0, 0.1) is 5.92 Å². The number of nitrogens with one attached hydrogen (secondary N) is 1. The molecule has 0 aromatic carbocycles. The van der Waals surface area contributed by atoms with Crippen LogP contribution in [0.3, 0.4) is 0 Å². The number of aliphatic hydroxyl groups excluding tert-OH is 1. The Morgan fingerprint density at radius 1 is 1.44 bits per heavy atom. The molecule has 16 heavy (non-hydrogen) atoms. The van der Waals surface area contributed by atoms with E-state index < -0.39 is 6.10 Å². The maximum Gasteiger partial charge on any atom is 0.0947 e. The smallest absolute Gasteiger partial charge is 0.0947 e. The molecule has 4 nitrogen and oxygen atoms in total. The highest BCUT2D eigenvalue weighted by atomic mass is 16.3. The summed E-state index contributed by atoms with van der Waals surface area (Å²) in [5.74, 6) is 0.603. The van der Waals surface area contributed by atoms with Gasteiger partial charge in [-0.1, -0.05) is 20.8 Å². The molecule has 4 heteroatoms. The average molecular weight is 225 g/mol.